The predicted octanol–water partition coefficient (Wildman–Crippen LogP) is 5.76. The van der Waals surface area contributed by atoms with E-state index in [4.69, 9.17) is 28.9 Å². The van der Waals surface area contributed by atoms with Crippen molar-refractivity contribution in [1.82, 2.24) is 4.90 Å². The maximum atomic E-state index is 13.1. The molecule has 0 radical (unpaired) electrons. The van der Waals surface area contributed by atoms with Gasteiger partial charge in [0.2, 0.25) is 5.91 Å². The number of amides is 2. The molecule has 0 fully saturated rings. The van der Waals surface area contributed by atoms with E-state index in [0.717, 1.165) is 11.0 Å². The Kier molecular flexibility index (Phi) is 8.08. The number of carbonyl (C=O) groups excluding carboxylic acids is 2. The van der Waals surface area contributed by atoms with E-state index in [-0.39, 0.29) is 22.5 Å². The fraction of sp³-hybridized carbons (Fsp3) is 0.238. The number of hydrogen-bond acceptors (Lipinski definition) is 2. The van der Waals surface area contributed by atoms with E-state index in [1.54, 1.807) is 6.07 Å². The minimum atomic E-state index is -5.11. The number of hydrogen-bond donors (Lipinski definition) is 1. The summed E-state index contributed by atoms with van der Waals surface area (Å²) in [6, 6.07) is 4.13. The normalized spacial score (nSPS) is 13.2. The van der Waals surface area contributed by atoms with E-state index >= 15 is 0 Å². The number of likely N-dealkylation sites (N-methyl/N-ethyl adjacent to an activating group) is 1. The van der Waals surface area contributed by atoms with Gasteiger partial charge >= 0.3 is 12.4 Å². The molecule has 2 N–H and O–H groups in total. The van der Waals surface area contributed by atoms with Crippen molar-refractivity contribution < 1.29 is 35.9 Å². The van der Waals surface area contributed by atoms with Crippen LogP contribution in [-0.4, -0.2) is 29.8 Å². The summed E-state index contributed by atoms with van der Waals surface area (Å²) >= 11 is 11.8. The lowest BCUT2D eigenvalue weighted by atomic mass is 10.0. The number of primary amides is 1. The number of rotatable bonds is 6. The zero-order valence-electron chi connectivity index (χ0n) is 16.8. The number of halogens is 8. The maximum Gasteiger partial charge on any atom is 0.416 e. The summed E-state index contributed by atoms with van der Waals surface area (Å²) in [7, 11) is 1.17. The fourth-order valence-electron chi connectivity index (χ4n) is 2.88. The molecular formula is C21H16Cl2F6N2O2. The molecule has 0 spiro atoms. The van der Waals surface area contributed by atoms with E-state index in [1.807, 2.05) is 0 Å². The molecule has 0 aliphatic heterocycles. The van der Waals surface area contributed by atoms with Crippen LogP contribution >= 0.6 is 23.2 Å². The van der Waals surface area contributed by atoms with Gasteiger partial charge in [0, 0.05) is 18.7 Å². The van der Waals surface area contributed by atoms with Crippen molar-refractivity contribution in [3.8, 4) is 0 Å². The molecule has 0 aliphatic rings. The van der Waals surface area contributed by atoms with Crippen LogP contribution in [0.2, 0.25) is 10.0 Å². The highest BCUT2D eigenvalue weighted by Gasteiger charge is 2.38. The van der Waals surface area contributed by atoms with Gasteiger partial charge in [-0.2, -0.15) is 26.3 Å². The first-order chi connectivity index (χ1) is 15.1. The van der Waals surface area contributed by atoms with Crippen molar-refractivity contribution in [2.75, 3.05) is 7.05 Å². The van der Waals surface area contributed by atoms with E-state index in [0.29, 0.717) is 17.7 Å². The molecule has 12 heteroatoms. The van der Waals surface area contributed by atoms with Crippen LogP contribution in [0.3, 0.4) is 0 Å². The number of benzene rings is 2. The monoisotopic (exact) mass is 512 g/mol. The van der Waals surface area contributed by atoms with Crippen molar-refractivity contribution >= 4 is 35.0 Å². The quantitative estimate of drug-likeness (QED) is 0.395. The van der Waals surface area contributed by atoms with Crippen LogP contribution < -0.4 is 5.73 Å². The van der Waals surface area contributed by atoms with Crippen LogP contribution in [-0.2, 0) is 23.6 Å². The Bertz CT molecular complexity index is 1050. The van der Waals surface area contributed by atoms with Gasteiger partial charge in [-0.25, -0.2) is 0 Å². The van der Waals surface area contributed by atoms with E-state index in [1.165, 1.54) is 25.3 Å². The average Bonchev–Trinajstić information content (AvgIpc) is 2.70. The van der Waals surface area contributed by atoms with Crippen LogP contribution in [0.1, 0.15) is 27.0 Å². The van der Waals surface area contributed by atoms with Crippen molar-refractivity contribution in [3.63, 3.8) is 0 Å². The van der Waals surface area contributed by atoms with Gasteiger partial charge in [0.15, 0.2) is 0 Å². The highest BCUT2D eigenvalue weighted by Crippen LogP contribution is 2.36. The third-order valence-corrected chi connectivity index (χ3v) is 5.30. The van der Waals surface area contributed by atoms with Crippen LogP contribution in [0.4, 0.5) is 26.3 Å². The summed E-state index contributed by atoms with van der Waals surface area (Å²) in [5.41, 5.74) is 1.54. The van der Waals surface area contributed by atoms with Crippen molar-refractivity contribution in [2.24, 2.45) is 5.73 Å². The van der Waals surface area contributed by atoms with Gasteiger partial charge in [-0.05, 0) is 42.3 Å². The molecular weight excluding hydrogens is 497 g/mol. The summed E-state index contributed by atoms with van der Waals surface area (Å²) in [6.45, 7) is 0. The molecule has 1 unspecified atom stereocenters. The Labute approximate surface area is 194 Å². The number of nitrogens with zero attached hydrogens (tertiary/aromatic N) is 1. The molecule has 0 aromatic heterocycles. The molecule has 0 saturated heterocycles. The van der Waals surface area contributed by atoms with E-state index in [2.05, 4.69) is 0 Å². The first-order valence-electron chi connectivity index (χ1n) is 9.08. The molecule has 1 atom stereocenters. The van der Waals surface area contributed by atoms with E-state index < -0.39 is 46.9 Å². The molecule has 2 amide bonds. The molecule has 0 heterocycles. The molecule has 178 valence electrons. The lowest BCUT2D eigenvalue weighted by molar-refractivity contribution is -0.143. The van der Waals surface area contributed by atoms with Crippen LogP contribution in [0.25, 0.3) is 0 Å². The minimum Gasteiger partial charge on any atom is -0.366 e. The number of alkyl halides is 6. The highest BCUT2D eigenvalue weighted by atomic mass is 35.5. The highest BCUT2D eigenvalue weighted by molar-refractivity contribution is 6.42. The molecule has 2 aromatic carbocycles. The first-order valence-corrected chi connectivity index (χ1v) is 9.83. The topological polar surface area (TPSA) is 63.4 Å². The summed E-state index contributed by atoms with van der Waals surface area (Å²) < 4.78 is 78.9. The molecule has 0 saturated carbocycles. The van der Waals surface area contributed by atoms with Gasteiger partial charge < -0.3 is 10.6 Å². The smallest absolute Gasteiger partial charge is 0.366 e. The average molecular weight is 513 g/mol. The lowest BCUT2D eigenvalue weighted by Crippen LogP contribution is -2.38. The second-order valence-corrected chi connectivity index (χ2v) is 7.81. The van der Waals surface area contributed by atoms with Crippen LogP contribution in [0, 0.1) is 0 Å². The fourth-order valence-corrected chi connectivity index (χ4v) is 3.20. The lowest BCUT2D eigenvalue weighted by Gasteiger charge is -2.27. The minimum absolute atomic E-state index is 0.00793. The molecule has 33 heavy (non-hydrogen) atoms. The van der Waals surface area contributed by atoms with Crippen molar-refractivity contribution in [2.45, 2.75) is 24.8 Å². The van der Waals surface area contributed by atoms with Crippen LogP contribution in [0.5, 0.6) is 0 Å². The standard InChI is InChI=1S/C21H16Cl2F6N2O2/c1-31(15(3-5-18(30)32)6-11-2-4-16(22)17(23)7-11)19(33)12-8-13(20(24,25)26)10-14(9-12)21(27,28)29/h2-5,7-10,15H,6H2,1H3,(H2,30,32)/b5-3+. The van der Waals surface area contributed by atoms with Gasteiger partial charge in [0.1, 0.15) is 0 Å². The zero-order valence-corrected chi connectivity index (χ0v) is 18.3. The summed E-state index contributed by atoms with van der Waals surface area (Å²) in [6.07, 6.45) is -8.07. The van der Waals surface area contributed by atoms with Gasteiger partial charge in [-0.15, -0.1) is 0 Å². The predicted molar refractivity (Wildman–Crippen MR) is 111 cm³/mol. The van der Waals surface area contributed by atoms with Crippen molar-refractivity contribution in [3.05, 3.63) is 80.8 Å². The zero-order chi connectivity index (χ0) is 25.1. The number of nitrogens with two attached hydrogens (primary N) is 1. The van der Waals surface area contributed by atoms with Crippen LogP contribution in [0.15, 0.2) is 48.6 Å². The molecule has 2 rings (SSSR count). The molecule has 2 aromatic rings. The van der Waals surface area contributed by atoms with Crippen molar-refractivity contribution in [1.29, 1.82) is 0 Å². The summed E-state index contributed by atoms with van der Waals surface area (Å²) in [5.74, 6) is -2.00. The third-order valence-electron chi connectivity index (χ3n) is 4.56. The SMILES string of the molecule is CN(C(=O)c1cc(C(F)(F)F)cc(C(F)(F)F)c1)C(/C=C/C(N)=O)Cc1ccc(Cl)c(Cl)c1. The molecule has 0 aliphatic carbocycles. The Morgan fingerprint density at radius 2 is 1.52 bits per heavy atom. The number of carbonyl (C=O) groups is 2. The van der Waals surface area contributed by atoms with Gasteiger partial charge in [0.05, 0.1) is 27.2 Å². The second-order valence-electron chi connectivity index (χ2n) is 6.99. The third kappa shape index (κ3) is 7.13. The first kappa shape index (κ1) is 26.5. The Morgan fingerprint density at radius 1 is 0.970 bits per heavy atom. The molecule has 4 nitrogen and oxygen atoms in total. The second kappa shape index (κ2) is 10.0. The van der Waals surface area contributed by atoms with Gasteiger partial charge in [0.25, 0.3) is 5.91 Å². The summed E-state index contributed by atoms with van der Waals surface area (Å²) in [5, 5.41) is 0.436. The van der Waals surface area contributed by atoms with Gasteiger partial charge in [-0.3, -0.25) is 9.59 Å². The summed E-state index contributed by atoms with van der Waals surface area (Å²) in [4.78, 5) is 25.0. The van der Waals surface area contributed by atoms with E-state index in [9.17, 15) is 35.9 Å². The Hall–Kier alpha value is -2.72. The molecule has 0 bridgehead atoms. The maximum absolute atomic E-state index is 13.1. The Balaban J connectivity index is 2.49. The Morgan fingerprint density at radius 3 is 1.97 bits per heavy atom. The largest absolute Gasteiger partial charge is 0.416 e. The van der Waals surface area contributed by atoms with Gasteiger partial charge in [-0.1, -0.05) is 35.3 Å².